The highest BCUT2D eigenvalue weighted by molar-refractivity contribution is 7.11. The molecule has 0 radical (unpaired) electrons. The van der Waals surface area contributed by atoms with Crippen LogP contribution in [0.4, 0.5) is 0 Å². The van der Waals surface area contributed by atoms with Gasteiger partial charge in [-0.15, -0.1) is 11.3 Å². The van der Waals surface area contributed by atoms with Crippen molar-refractivity contribution in [2.45, 2.75) is 27.2 Å². The van der Waals surface area contributed by atoms with Gasteiger partial charge in [-0.05, 0) is 31.9 Å². The summed E-state index contributed by atoms with van der Waals surface area (Å²) in [6.45, 7) is 10.0. The molecule has 0 aliphatic rings. The zero-order valence-electron chi connectivity index (χ0n) is 8.42. The Morgan fingerprint density at radius 3 is 2.62 bits per heavy atom. The van der Waals surface area contributed by atoms with Crippen molar-refractivity contribution in [2.75, 3.05) is 0 Å². The molecule has 0 saturated carbocycles. The highest BCUT2D eigenvalue weighted by Gasteiger charge is 2.01. The van der Waals surface area contributed by atoms with Crippen molar-refractivity contribution >= 4 is 17.4 Å². The lowest BCUT2D eigenvalue weighted by Gasteiger charge is -1.94. The van der Waals surface area contributed by atoms with Crippen LogP contribution in [-0.4, -0.2) is 4.98 Å². The largest absolute Gasteiger partial charge is 0.242 e. The third-order valence-electron chi connectivity index (χ3n) is 1.93. The predicted molar refractivity (Wildman–Crippen MR) is 60.1 cm³/mol. The maximum atomic E-state index is 4.44. The minimum absolute atomic E-state index is 1.01. The van der Waals surface area contributed by atoms with E-state index >= 15 is 0 Å². The average molecular weight is 193 g/mol. The Kier molecular flexibility index (Phi) is 3.43. The summed E-state index contributed by atoms with van der Waals surface area (Å²) in [7, 11) is 0. The fourth-order valence-corrected chi connectivity index (χ4v) is 1.96. The first kappa shape index (κ1) is 10.2. The molecule has 0 aromatic carbocycles. The van der Waals surface area contributed by atoms with Gasteiger partial charge >= 0.3 is 0 Å². The number of hydrogen-bond acceptors (Lipinski definition) is 2. The van der Waals surface area contributed by atoms with Crippen LogP contribution in [0.5, 0.6) is 0 Å². The van der Waals surface area contributed by atoms with Gasteiger partial charge in [0, 0.05) is 4.88 Å². The molecule has 0 atom stereocenters. The van der Waals surface area contributed by atoms with E-state index in [2.05, 4.69) is 31.5 Å². The van der Waals surface area contributed by atoms with Gasteiger partial charge < -0.3 is 0 Å². The Hall–Kier alpha value is -0.890. The first-order chi connectivity index (χ1) is 6.17. The molecule has 0 bridgehead atoms. The zero-order chi connectivity index (χ0) is 9.84. The molecule has 2 heteroatoms. The van der Waals surface area contributed by atoms with E-state index in [-0.39, 0.29) is 0 Å². The molecule has 0 fully saturated rings. The summed E-state index contributed by atoms with van der Waals surface area (Å²) in [5.41, 5.74) is 2.34. The SMILES string of the molecule is C=C/C(=C\c1nc(C)sc1C)CC. The van der Waals surface area contributed by atoms with Gasteiger partial charge in [-0.25, -0.2) is 4.98 Å². The second-order valence-corrected chi connectivity index (χ2v) is 4.36. The molecule has 0 aliphatic carbocycles. The molecule has 13 heavy (non-hydrogen) atoms. The van der Waals surface area contributed by atoms with Gasteiger partial charge in [0.1, 0.15) is 0 Å². The summed E-state index contributed by atoms with van der Waals surface area (Å²) < 4.78 is 0. The molecule has 0 spiro atoms. The van der Waals surface area contributed by atoms with Gasteiger partial charge in [0.25, 0.3) is 0 Å². The van der Waals surface area contributed by atoms with E-state index in [4.69, 9.17) is 0 Å². The van der Waals surface area contributed by atoms with Crippen molar-refractivity contribution in [3.63, 3.8) is 0 Å². The van der Waals surface area contributed by atoms with Crippen molar-refractivity contribution < 1.29 is 0 Å². The first-order valence-electron chi connectivity index (χ1n) is 4.44. The Balaban J connectivity index is 3.01. The number of aromatic nitrogens is 1. The Morgan fingerprint density at radius 1 is 1.54 bits per heavy atom. The second-order valence-electron chi connectivity index (χ2n) is 2.95. The van der Waals surface area contributed by atoms with Crippen LogP contribution in [0.25, 0.3) is 6.08 Å². The molecule has 0 unspecified atom stereocenters. The van der Waals surface area contributed by atoms with Gasteiger partial charge in [0.05, 0.1) is 10.7 Å². The van der Waals surface area contributed by atoms with Crippen LogP contribution in [0.3, 0.4) is 0 Å². The van der Waals surface area contributed by atoms with Gasteiger partial charge in [0.15, 0.2) is 0 Å². The monoisotopic (exact) mass is 193 g/mol. The van der Waals surface area contributed by atoms with Crippen molar-refractivity contribution in [3.05, 3.63) is 33.8 Å². The van der Waals surface area contributed by atoms with Crippen LogP contribution in [0.15, 0.2) is 18.2 Å². The molecular weight excluding hydrogens is 178 g/mol. The Bertz CT molecular complexity index is 334. The summed E-state index contributed by atoms with van der Waals surface area (Å²) in [5.74, 6) is 0. The van der Waals surface area contributed by atoms with Crippen molar-refractivity contribution in [1.82, 2.24) is 4.98 Å². The molecule has 1 aromatic rings. The van der Waals surface area contributed by atoms with Crippen LogP contribution in [0, 0.1) is 13.8 Å². The summed E-state index contributed by atoms with van der Waals surface area (Å²) in [5, 5.41) is 1.13. The van der Waals surface area contributed by atoms with E-state index in [1.165, 1.54) is 10.5 Å². The van der Waals surface area contributed by atoms with E-state index in [9.17, 15) is 0 Å². The van der Waals surface area contributed by atoms with Gasteiger partial charge in [-0.2, -0.15) is 0 Å². The summed E-state index contributed by atoms with van der Waals surface area (Å²) in [4.78, 5) is 5.72. The maximum absolute atomic E-state index is 4.44. The number of nitrogens with zero attached hydrogens (tertiary/aromatic N) is 1. The minimum atomic E-state index is 1.01. The number of hydrogen-bond donors (Lipinski definition) is 0. The van der Waals surface area contributed by atoms with E-state index in [0.29, 0.717) is 0 Å². The van der Waals surface area contributed by atoms with Crippen LogP contribution in [0.2, 0.25) is 0 Å². The highest BCUT2D eigenvalue weighted by atomic mass is 32.1. The third-order valence-corrected chi connectivity index (χ3v) is 2.83. The minimum Gasteiger partial charge on any atom is -0.242 e. The Labute approximate surface area is 83.8 Å². The summed E-state index contributed by atoms with van der Waals surface area (Å²) in [6.07, 6.45) is 5.03. The highest BCUT2D eigenvalue weighted by Crippen LogP contribution is 2.19. The molecule has 1 rings (SSSR count). The van der Waals surface area contributed by atoms with Crippen LogP contribution in [0.1, 0.15) is 28.9 Å². The lowest BCUT2D eigenvalue weighted by atomic mass is 10.1. The second kappa shape index (κ2) is 4.38. The van der Waals surface area contributed by atoms with Gasteiger partial charge in [0.2, 0.25) is 0 Å². The van der Waals surface area contributed by atoms with Crippen LogP contribution < -0.4 is 0 Å². The summed E-state index contributed by atoms with van der Waals surface area (Å²) in [6, 6.07) is 0. The topological polar surface area (TPSA) is 12.9 Å². The van der Waals surface area contributed by atoms with Gasteiger partial charge in [-0.1, -0.05) is 19.6 Å². The Morgan fingerprint density at radius 2 is 2.23 bits per heavy atom. The molecule has 1 aromatic heterocycles. The first-order valence-corrected chi connectivity index (χ1v) is 5.26. The van der Waals surface area contributed by atoms with Crippen molar-refractivity contribution in [3.8, 4) is 0 Å². The standard InChI is InChI=1S/C11H15NS/c1-5-10(6-2)7-11-8(3)13-9(4)12-11/h5,7H,1,6H2,2-4H3/b10-7+. The molecule has 0 saturated heterocycles. The smallest absolute Gasteiger partial charge is 0.0904 e. The molecule has 70 valence electrons. The van der Waals surface area contributed by atoms with E-state index in [1.807, 2.05) is 13.0 Å². The number of allylic oxidation sites excluding steroid dienone is 2. The quantitative estimate of drug-likeness (QED) is 0.666. The predicted octanol–water partition coefficient (Wildman–Crippen LogP) is 3.74. The fourth-order valence-electron chi connectivity index (χ4n) is 1.16. The number of aryl methyl sites for hydroxylation is 2. The number of thiazole rings is 1. The van der Waals surface area contributed by atoms with Crippen LogP contribution >= 0.6 is 11.3 Å². The number of rotatable bonds is 3. The molecular formula is C11H15NS. The lowest BCUT2D eigenvalue weighted by Crippen LogP contribution is -1.79. The fraction of sp³-hybridized carbons (Fsp3) is 0.364. The van der Waals surface area contributed by atoms with Gasteiger partial charge in [-0.3, -0.25) is 0 Å². The molecule has 1 nitrogen and oxygen atoms in total. The third kappa shape index (κ3) is 2.52. The normalized spacial score (nSPS) is 11.8. The van der Waals surface area contributed by atoms with Crippen LogP contribution in [-0.2, 0) is 0 Å². The van der Waals surface area contributed by atoms with Crippen molar-refractivity contribution in [2.24, 2.45) is 0 Å². The molecule has 0 aliphatic heterocycles. The maximum Gasteiger partial charge on any atom is 0.0904 e. The molecule has 0 amide bonds. The zero-order valence-corrected chi connectivity index (χ0v) is 9.24. The molecule has 0 N–H and O–H groups in total. The van der Waals surface area contributed by atoms with E-state index < -0.39 is 0 Å². The molecule has 1 heterocycles. The lowest BCUT2D eigenvalue weighted by molar-refractivity contribution is 1.15. The average Bonchev–Trinajstić information content (AvgIpc) is 2.41. The van der Waals surface area contributed by atoms with E-state index in [0.717, 1.165) is 17.1 Å². The summed E-state index contributed by atoms with van der Waals surface area (Å²) >= 11 is 1.74. The van der Waals surface area contributed by atoms with E-state index in [1.54, 1.807) is 11.3 Å². The van der Waals surface area contributed by atoms with Crippen molar-refractivity contribution in [1.29, 1.82) is 0 Å².